The monoisotopic (exact) mass is 298 g/mol. The second kappa shape index (κ2) is 5.27. The summed E-state index contributed by atoms with van der Waals surface area (Å²) < 4.78 is 0. The molecule has 1 atom stereocenters. The van der Waals surface area contributed by atoms with E-state index >= 15 is 0 Å². The van der Waals surface area contributed by atoms with Crippen LogP contribution in [0.5, 0.6) is 0 Å². The molecule has 0 aromatic rings. The van der Waals surface area contributed by atoms with Crippen LogP contribution in [0.25, 0.3) is 0 Å². The lowest BCUT2D eigenvalue weighted by molar-refractivity contribution is -0.130. The molecule has 0 aliphatic heterocycles. The van der Waals surface area contributed by atoms with Crippen molar-refractivity contribution in [2.75, 3.05) is 0 Å². The van der Waals surface area contributed by atoms with E-state index in [1.54, 1.807) is 0 Å². The maximum atomic E-state index is 12.6. The summed E-state index contributed by atoms with van der Waals surface area (Å²) in [5, 5.41) is 5.91. The van der Waals surface area contributed by atoms with E-state index in [0.29, 0.717) is 5.57 Å². The Bertz CT molecular complexity index is 640. The molecule has 0 unspecified atom stereocenters. The summed E-state index contributed by atoms with van der Waals surface area (Å²) in [5.74, 6) is -0.277. The van der Waals surface area contributed by atoms with E-state index < -0.39 is 6.04 Å². The van der Waals surface area contributed by atoms with Gasteiger partial charge in [-0.25, -0.2) is 0 Å². The van der Waals surface area contributed by atoms with E-state index in [2.05, 4.69) is 10.6 Å². The van der Waals surface area contributed by atoms with Crippen LogP contribution < -0.4 is 10.6 Å². The van der Waals surface area contributed by atoms with E-state index in [-0.39, 0.29) is 23.3 Å². The third-order valence-corrected chi connectivity index (χ3v) is 4.14. The van der Waals surface area contributed by atoms with Crippen LogP contribution in [0.4, 0.5) is 0 Å². The minimum Gasteiger partial charge on any atom is -0.352 e. The summed E-state index contributed by atoms with van der Waals surface area (Å²) in [5.41, 5.74) is 2.29. The quantitative estimate of drug-likeness (QED) is 0.835. The van der Waals surface area contributed by atoms with Crippen LogP contribution in [-0.4, -0.2) is 23.9 Å². The van der Waals surface area contributed by atoms with Crippen molar-refractivity contribution in [1.29, 1.82) is 0 Å². The van der Waals surface area contributed by atoms with E-state index in [4.69, 9.17) is 0 Å². The Morgan fingerprint density at radius 1 is 1.18 bits per heavy atom. The van der Waals surface area contributed by atoms with Crippen LogP contribution in [0.15, 0.2) is 47.1 Å². The Kier molecular flexibility index (Phi) is 3.55. The van der Waals surface area contributed by atoms with Gasteiger partial charge in [-0.2, -0.15) is 0 Å². The molecule has 22 heavy (non-hydrogen) atoms. The van der Waals surface area contributed by atoms with Gasteiger partial charge in [0.2, 0.25) is 5.91 Å². The lowest BCUT2D eigenvalue weighted by Gasteiger charge is -2.30. The highest BCUT2D eigenvalue weighted by Crippen LogP contribution is 2.30. The molecular formula is C18H22N2O2. The minimum absolute atomic E-state index is 0.0892. The Hall–Kier alpha value is -2.10. The molecule has 4 heteroatoms. The number of carbonyl (C=O) groups is 2. The molecule has 3 aliphatic rings. The molecule has 3 aliphatic carbocycles. The summed E-state index contributed by atoms with van der Waals surface area (Å²) in [4.78, 5) is 25.0. The van der Waals surface area contributed by atoms with E-state index in [1.807, 2.05) is 51.2 Å². The molecule has 1 fully saturated rings. The Balaban J connectivity index is 1.76. The Morgan fingerprint density at radius 3 is 2.55 bits per heavy atom. The molecule has 1 saturated carbocycles. The first kappa shape index (κ1) is 14.8. The third kappa shape index (κ3) is 2.91. The molecule has 2 N–H and O–H groups in total. The van der Waals surface area contributed by atoms with Gasteiger partial charge >= 0.3 is 0 Å². The van der Waals surface area contributed by atoms with Crippen LogP contribution in [0, 0.1) is 5.41 Å². The molecule has 3 rings (SSSR count). The van der Waals surface area contributed by atoms with E-state index in [1.165, 1.54) is 0 Å². The largest absolute Gasteiger partial charge is 0.352 e. The molecule has 2 amide bonds. The third-order valence-electron chi connectivity index (χ3n) is 4.14. The SMILES string of the molecule is CC(C)(C)[C@H](NC(=O)C1=C2C=CC=C2C=C1)C(=O)NC1CC1. The van der Waals surface area contributed by atoms with Gasteiger partial charge in [-0.1, -0.05) is 45.1 Å². The highest BCUT2D eigenvalue weighted by Gasteiger charge is 2.36. The summed E-state index contributed by atoms with van der Waals surface area (Å²) >= 11 is 0. The van der Waals surface area contributed by atoms with Gasteiger partial charge in [0.1, 0.15) is 6.04 Å². The number of carbonyl (C=O) groups excluding carboxylic acids is 2. The van der Waals surface area contributed by atoms with Crippen LogP contribution in [0.2, 0.25) is 0 Å². The van der Waals surface area contributed by atoms with Gasteiger partial charge < -0.3 is 10.6 Å². The smallest absolute Gasteiger partial charge is 0.252 e. The molecule has 116 valence electrons. The number of allylic oxidation sites excluding steroid dienone is 6. The van der Waals surface area contributed by atoms with Gasteiger partial charge in [0.05, 0.1) is 0 Å². The lowest BCUT2D eigenvalue weighted by Crippen LogP contribution is -2.54. The number of rotatable bonds is 4. The highest BCUT2D eigenvalue weighted by molar-refractivity contribution is 6.02. The molecule has 4 nitrogen and oxygen atoms in total. The van der Waals surface area contributed by atoms with Crippen molar-refractivity contribution in [2.45, 2.75) is 45.7 Å². The predicted molar refractivity (Wildman–Crippen MR) is 85.9 cm³/mol. The minimum atomic E-state index is -0.541. The summed E-state index contributed by atoms with van der Waals surface area (Å²) in [7, 11) is 0. The molecule has 0 saturated heterocycles. The molecular weight excluding hydrogens is 276 g/mol. The normalized spacial score (nSPS) is 20.8. The summed E-state index contributed by atoms with van der Waals surface area (Å²) in [6.45, 7) is 5.90. The van der Waals surface area contributed by atoms with Crippen molar-refractivity contribution in [3.05, 3.63) is 47.1 Å². The van der Waals surface area contributed by atoms with E-state index in [9.17, 15) is 9.59 Å². The standard InChI is InChI=1S/C18H22N2O2/c1-18(2,3)15(17(22)19-12-8-9-12)20-16(21)14-10-7-11-5-4-6-13(11)14/h4-7,10,12,15H,8-9H2,1-3H3,(H,19,22)(H,20,21)/t15-/m1/s1. The van der Waals surface area contributed by atoms with Crippen LogP contribution >= 0.6 is 0 Å². The molecule has 0 bridgehead atoms. The molecule has 0 aromatic carbocycles. The van der Waals surface area contributed by atoms with Crippen molar-refractivity contribution >= 4 is 11.8 Å². The van der Waals surface area contributed by atoms with Gasteiger partial charge in [-0.15, -0.1) is 0 Å². The molecule has 0 spiro atoms. The zero-order chi connectivity index (χ0) is 15.9. The average molecular weight is 298 g/mol. The lowest BCUT2D eigenvalue weighted by atomic mass is 9.85. The zero-order valence-corrected chi connectivity index (χ0v) is 13.3. The van der Waals surface area contributed by atoms with Gasteiger partial charge in [-0.3, -0.25) is 9.59 Å². The number of amides is 2. The fraction of sp³-hybridized carbons (Fsp3) is 0.444. The number of fused-ring (bicyclic) bond motifs is 1. The van der Waals surface area contributed by atoms with Crippen molar-refractivity contribution in [3.8, 4) is 0 Å². The molecule has 0 aromatic heterocycles. The van der Waals surface area contributed by atoms with Crippen LogP contribution in [0.3, 0.4) is 0 Å². The average Bonchev–Trinajstić information content (AvgIpc) is 2.97. The first-order valence-electron chi connectivity index (χ1n) is 7.78. The molecule has 0 radical (unpaired) electrons. The Labute approximate surface area is 131 Å². The van der Waals surface area contributed by atoms with E-state index in [0.717, 1.165) is 24.0 Å². The number of hydrogen-bond acceptors (Lipinski definition) is 2. The number of hydrogen-bond donors (Lipinski definition) is 2. The maximum Gasteiger partial charge on any atom is 0.252 e. The van der Waals surface area contributed by atoms with Crippen LogP contribution in [-0.2, 0) is 9.59 Å². The van der Waals surface area contributed by atoms with Gasteiger partial charge in [-0.05, 0) is 35.5 Å². The predicted octanol–water partition coefficient (Wildman–Crippen LogP) is 2.16. The van der Waals surface area contributed by atoms with Crippen molar-refractivity contribution < 1.29 is 9.59 Å². The van der Waals surface area contributed by atoms with Gasteiger partial charge in [0, 0.05) is 11.6 Å². The second-order valence-electron chi connectivity index (χ2n) is 7.20. The fourth-order valence-electron chi connectivity index (χ4n) is 2.68. The van der Waals surface area contributed by atoms with Crippen LogP contribution in [0.1, 0.15) is 33.6 Å². The van der Waals surface area contributed by atoms with Crippen molar-refractivity contribution in [3.63, 3.8) is 0 Å². The molecule has 0 heterocycles. The first-order chi connectivity index (χ1) is 10.4. The van der Waals surface area contributed by atoms with Gasteiger partial charge in [0.15, 0.2) is 0 Å². The highest BCUT2D eigenvalue weighted by atomic mass is 16.2. The number of nitrogens with one attached hydrogen (secondary N) is 2. The fourth-order valence-corrected chi connectivity index (χ4v) is 2.68. The summed E-state index contributed by atoms with van der Waals surface area (Å²) in [6, 6.07) is -0.254. The maximum absolute atomic E-state index is 12.6. The van der Waals surface area contributed by atoms with Crippen molar-refractivity contribution in [1.82, 2.24) is 10.6 Å². The van der Waals surface area contributed by atoms with Gasteiger partial charge in [0.25, 0.3) is 5.91 Å². The summed E-state index contributed by atoms with van der Waals surface area (Å²) in [6.07, 6.45) is 11.7. The zero-order valence-electron chi connectivity index (χ0n) is 13.3. The second-order valence-corrected chi connectivity index (χ2v) is 7.20. The van der Waals surface area contributed by atoms with Crippen molar-refractivity contribution in [2.24, 2.45) is 5.41 Å². The topological polar surface area (TPSA) is 58.2 Å². The Morgan fingerprint density at radius 2 is 1.91 bits per heavy atom. The first-order valence-corrected chi connectivity index (χ1v) is 7.78.